The highest BCUT2D eigenvalue weighted by Crippen LogP contribution is 2.49. The lowest BCUT2D eigenvalue weighted by Crippen LogP contribution is -2.32. The third kappa shape index (κ3) is 3.26. The molecule has 1 aliphatic rings. The van der Waals surface area contributed by atoms with Gasteiger partial charge in [-0.3, -0.25) is 4.79 Å². The van der Waals surface area contributed by atoms with Crippen molar-refractivity contribution in [1.29, 1.82) is 0 Å². The Morgan fingerprint density at radius 2 is 2.35 bits per heavy atom. The highest BCUT2D eigenvalue weighted by molar-refractivity contribution is 7.80. The van der Waals surface area contributed by atoms with Crippen LogP contribution in [-0.2, 0) is 11.3 Å². The van der Waals surface area contributed by atoms with Crippen molar-refractivity contribution in [3.05, 3.63) is 22.4 Å². The molecule has 0 atom stereocenters. The minimum absolute atomic E-state index is 0.225. The normalized spacial score (nSPS) is 16.8. The average molecular weight is 269 g/mol. The monoisotopic (exact) mass is 269 g/mol. The number of carbonyl (C=O) groups is 1. The largest absolute Gasteiger partial charge is 0.338 e. The molecule has 1 fully saturated rings. The van der Waals surface area contributed by atoms with Crippen LogP contribution in [0.5, 0.6) is 0 Å². The molecule has 0 spiro atoms. The van der Waals surface area contributed by atoms with Crippen molar-refractivity contribution >= 4 is 29.9 Å². The first-order valence-electron chi connectivity index (χ1n) is 6.10. The minimum atomic E-state index is 0.225. The van der Waals surface area contributed by atoms with E-state index in [4.69, 9.17) is 0 Å². The summed E-state index contributed by atoms with van der Waals surface area (Å²) in [5, 5.41) is 2.06. The van der Waals surface area contributed by atoms with Crippen molar-refractivity contribution in [1.82, 2.24) is 4.90 Å². The van der Waals surface area contributed by atoms with E-state index in [1.54, 1.807) is 11.3 Å². The Bertz CT molecular complexity index is 371. The zero-order valence-corrected chi connectivity index (χ0v) is 11.9. The summed E-state index contributed by atoms with van der Waals surface area (Å²) in [6.45, 7) is 3.60. The maximum absolute atomic E-state index is 12.2. The first kappa shape index (κ1) is 13.0. The second-order valence-corrected chi connectivity index (χ2v) is 6.17. The van der Waals surface area contributed by atoms with E-state index in [0.717, 1.165) is 18.8 Å². The van der Waals surface area contributed by atoms with Gasteiger partial charge in [-0.25, -0.2) is 0 Å². The second kappa shape index (κ2) is 5.44. The number of amides is 1. The fourth-order valence-corrected chi connectivity index (χ4v) is 3.11. The molecule has 0 saturated heterocycles. The Kier molecular flexibility index (Phi) is 4.15. The van der Waals surface area contributed by atoms with E-state index in [0.29, 0.717) is 6.42 Å². The summed E-state index contributed by atoms with van der Waals surface area (Å²) in [6, 6.07) is 4.13. The summed E-state index contributed by atoms with van der Waals surface area (Å²) >= 11 is 6.07. The van der Waals surface area contributed by atoms with Gasteiger partial charge in [0, 0.05) is 17.8 Å². The van der Waals surface area contributed by atoms with Crippen molar-refractivity contribution in [3.8, 4) is 0 Å². The molecule has 17 heavy (non-hydrogen) atoms. The van der Waals surface area contributed by atoms with Gasteiger partial charge in [0.25, 0.3) is 0 Å². The third-order valence-corrected chi connectivity index (χ3v) is 5.01. The fourth-order valence-electron chi connectivity index (χ4n) is 1.97. The van der Waals surface area contributed by atoms with Gasteiger partial charge in [-0.1, -0.05) is 6.07 Å². The first-order chi connectivity index (χ1) is 8.19. The van der Waals surface area contributed by atoms with Gasteiger partial charge >= 0.3 is 0 Å². The van der Waals surface area contributed by atoms with Gasteiger partial charge in [0.2, 0.25) is 5.91 Å². The van der Waals surface area contributed by atoms with E-state index in [1.165, 1.54) is 17.7 Å². The van der Waals surface area contributed by atoms with Crippen LogP contribution in [0.2, 0.25) is 0 Å². The summed E-state index contributed by atoms with van der Waals surface area (Å²) in [4.78, 5) is 15.4. The number of hydrogen-bond donors (Lipinski definition) is 1. The molecule has 1 amide bonds. The SMILES string of the molecule is CCN(Cc1cccs1)C(=O)CC1(CS)CC1. The van der Waals surface area contributed by atoms with Crippen LogP contribution in [0.15, 0.2) is 17.5 Å². The summed E-state index contributed by atoms with van der Waals surface area (Å²) in [7, 11) is 0. The van der Waals surface area contributed by atoms with Crippen molar-refractivity contribution in [2.24, 2.45) is 5.41 Å². The Balaban J connectivity index is 1.91. The van der Waals surface area contributed by atoms with E-state index >= 15 is 0 Å². The number of hydrogen-bond acceptors (Lipinski definition) is 3. The Morgan fingerprint density at radius 3 is 2.82 bits per heavy atom. The molecule has 0 aliphatic heterocycles. The maximum atomic E-state index is 12.2. The Labute approximate surface area is 112 Å². The highest BCUT2D eigenvalue weighted by Gasteiger charge is 2.43. The lowest BCUT2D eigenvalue weighted by atomic mass is 10.0. The molecule has 2 nitrogen and oxygen atoms in total. The van der Waals surface area contributed by atoms with Crippen LogP contribution in [0.1, 0.15) is 31.1 Å². The highest BCUT2D eigenvalue weighted by atomic mass is 32.1. The molecule has 2 rings (SSSR count). The average Bonchev–Trinajstić information content (AvgIpc) is 2.91. The topological polar surface area (TPSA) is 20.3 Å². The number of carbonyl (C=O) groups excluding carboxylic acids is 1. The number of thiophene rings is 1. The van der Waals surface area contributed by atoms with Gasteiger partial charge < -0.3 is 4.90 Å². The molecule has 1 aliphatic carbocycles. The molecule has 1 aromatic rings. The van der Waals surface area contributed by atoms with Gasteiger partial charge in [-0.2, -0.15) is 12.6 Å². The molecule has 1 aromatic heterocycles. The van der Waals surface area contributed by atoms with Gasteiger partial charge in [0.1, 0.15) is 0 Å². The molecule has 1 saturated carbocycles. The van der Waals surface area contributed by atoms with Crippen LogP contribution in [-0.4, -0.2) is 23.1 Å². The summed E-state index contributed by atoms with van der Waals surface area (Å²) in [6.07, 6.45) is 3.01. The Morgan fingerprint density at radius 1 is 1.59 bits per heavy atom. The van der Waals surface area contributed by atoms with E-state index in [2.05, 4.69) is 24.1 Å². The van der Waals surface area contributed by atoms with E-state index in [-0.39, 0.29) is 11.3 Å². The number of rotatable bonds is 6. The maximum Gasteiger partial charge on any atom is 0.223 e. The summed E-state index contributed by atoms with van der Waals surface area (Å²) < 4.78 is 0. The van der Waals surface area contributed by atoms with Gasteiger partial charge in [0.15, 0.2) is 0 Å². The lowest BCUT2D eigenvalue weighted by molar-refractivity contribution is -0.132. The number of thiol groups is 1. The fraction of sp³-hybridized carbons (Fsp3) is 0.615. The molecule has 0 unspecified atom stereocenters. The Hall–Kier alpha value is -0.480. The van der Waals surface area contributed by atoms with Gasteiger partial charge in [-0.15, -0.1) is 11.3 Å². The predicted molar refractivity (Wildman–Crippen MR) is 75.5 cm³/mol. The standard InChI is InChI=1S/C13H19NOS2/c1-2-14(9-11-4-3-7-17-11)12(15)8-13(10-16)5-6-13/h3-4,7,16H,2,5-6,8-10H2,1H3. The van der Waals surface area contributed by atoms with E-state index in [9.17, 15) is 4.79 Å². The van der Waals surface area contributed by atoms with Gasteiger partial charge in [0.05, 0.1) is 6.54 Å². The smallest absolute Gasteiger partial charge is 0.223 e. The zero-order valence-electron chi connectivity index (χ0n) is 10.2. The molecule has 0 bridgehead atoms. The molecule has 0 N–H and O–H groups in total. The van der Waals surface area contributed by atoms with Crippen LogP contribution >= 0.6 is 24.0 Å². The minimum Gasteiger partial charge on any atom is -0.338 e. The third-order valence-electron chi connectivity index (χ3n) is 3.48. The predicted octanol–water partition coefficient (Wildman–Crippen LogP) is 3.20. The van der Waals surface area contributed by atoms with Crippen molar-refractivity contribution in [3.63, 3.8) is 0 Å². The molecule has 1 heterocycles. The lowest BCUT2D eigenvalue weighted by Gasteiger charge is -2.22. The van der Waals surface area contributed by atoms with Crippen LogP contribution < -0.4 is 0 Å². The molecule has 94 valence electrons. The van der Waals surface area contributed by atoms with Crippen molar-refractivity contribution in [2.75, 3.05) is 12.3 Å². The quantitative estimate of drug-likeness (QED) is 0.786. The molecular weight excluding hydrogens is 250 g/mol. The van der Waals surface area contributed by atoms with Crippen molar-refractivity contribution in [2.45, 2.75) is 32.7 Å². The van der Waals surface area contributed by atoms with Crippen LogP contribution in [0.3, 0.4) is 0 Å². The van der Waals surface area contributed by atoms with E-state index in [1.807, 2.05) is 17.9 Å². The van der Waals surface area contributed by atoms with Crippen molar-refractivity contribution < 1.29 is 4.79 Å². The summed E-state index contributed by atoms with van der Waals surface area (Å²) in [5.41, 5.74) is 0.225. The molecule has 4 heteroatoms. The first-order valence-corrected chi connectivity index (χ1v) is 7.61. The summed E-state index contributed by atoms with van der Waals surface area (Å²) in [5.74, 6) is 1.13. The van der Waals surface area contributed by atoms with Gasteiger partial charge in [-0.05, 0) is 42.4 Å². The molecular formula is C13H19NOS2. The molecule has 0 radical (unpaired) electrons. The molecule has 0 aromatic carbocycles. The zero-order chi connectivity index (χ0) is 12.3. The van der Waals surface area contributed by atoms with E-state index < -0.39 is 0 Å². The number of nitrogens with zero attached hydrogens (tertiary/aromatic N) is 1. The van der Waals surface area contributed by atoms with Crippen LogP contribution in [0, 0.1) is 5.41 Å². The van der Waals surface area contributed by atoms with Crippen LogP contribution in [0.25, 0.3) is 0 Å². The van der Waals surface area contributed by atoms with Crippen LogP contribution in [0.4, 0.5) is 0 Å². The second-order valence-electron chi connectivity index (χ2n) is 4.82.